The summed E-state index contributed by atoms with van der Waals surface area (Å²) < 4.78 is 21.1. The van der Waals surface area contributed by atoms with E-state index < -0.39 is 5.79 Å². The maximum Gasteiger partial charge on any atom is 0.292 e. The van der Waals surface area contributed by atoms with Gasteiger partial charge in [-0.3, -0.25) is 9.88 Å². The molecule has 0 spiro atoms. The van der Waals surface area contributed by atoms with E-state index in [1.807, 2.05) is 25.1 Å². The topological polar surface area (TPSA) is 103 Å². The summed E-state index contributed by atoms with van der Waals surface area (Å²) in [6.45, 7) is 6.32. The number of likely N-dealkylation sites (tertiary alicyclic amines) is 1. The van der Waals surface area contributed by atoms with Crippen LogP contribution in [0.25, 0.3) is 22.4 Å². The lowest BCUT2D eigenvalue weighted by Gasteiger charge is -2.33. The molecule has 1 N–H and O–H groups in total. The molecule has 1 unspecified atom stereocenters. The fourth-order valence-corrected chi connectivity index (χ4v) is 7.16. The number of halogens is 1. The van der Waals surface area contributed by atoms with Gasteiger partial charge in [0.05, 0.1) is 35.2 Å². The van der Waals surface area contributed by atoms with Gasteiger partial charge in [-0.05, 0) is 87.5 Å². The van der Waals surface area contributed by atoms with E-state index in [2.05, 4.69) is 60.0 Å². The van der Waals surface area contributed by atoms with Gasteiger partial charge in [-0.1, -0.05) is 23.7 Å². The van der Waals surface area contributed by atoms with Crippen molar-refractivity contribution in [3.8, 4) is 22.9 Å². The fourth-order valence-electron chi connectivity index (χ4n) is 7.05. The molecular weight excluding hydrogens is 602 g/mol. The van der Waals surface area contributed by atoms with Gasteiger partial charge in [0.15, 0.2) is 17.3 Å². The average molecular weight is 638 g/mol. The van der Waals surface area contributed by atoms with Crippen LogP contribution in [-0.4, -0.2) is 60.4 Å². The molecule has 6 heterocycles. The van der Waals surface area contributed by atoms with E-state index in [-0.39, 0.29) is 6.10 Å². The summed E-state index contributed by atoms with van der Waals surface area (Å²) >= 11 is 6.08. The number of pyridine rings is 1. The van der Waals surface area contributed by atoms with Crippen LogP contribution < -0.4 is 9.47 Å². The minimum Gasteiger partial charge on any atom is -0.443 e. The van der Waals surface area contributed by atoms with Crippen molar-refractivity contribution < 1.29 is 14.2 Å². The van der Waals surface area contributed by atoms with E-state index in [1.165, 1.54) is 18.4 Å². The molecular formula is C35H36ClN7O3. The Morgan fingerprint density at radius 1 is 0.978 bits per heavy atom. The summed E-state index contributed by atoms with van der Waals surface area (Å²) in [6, 6.07) is 16.4. The quantitative estimate of drug-likeness (QED) is 0.204. The number of aromatic amines is 1. The van der Waals surface area contributed by atoms with E-state index in [0.717, 1.165) is 97.6 Å². The summed E-state index contributed by atoms with van der Waals surface area (Å²) in [4.78, 5) is 15.6. The summed E-state index contributed by atoms with van der Waals surface area (Å²) in [7, 11) is 0. The lowest BCUT2D eigenvalue weighted by atomic mass is 9.88. The van der Waals surface area contributed by atoms with Crippen LogP contribution in [0.3, 0.4) is 0 Å². The van der Waals surface area contributed by atoms with E-state index in [0.29, 0.717) is 22.6 Å². The van der Waals surface area contributed by atoms with Crippen molar-refractivity contribution >= 4 is 22.6 Å². The zero-order valence-electron chi connectivity index (χ0n) is 25.8. The van der Waals surface area contributed by atoms with Gasteiger partial charge >= 0.3 is 0 Å². The van der Waals surface area contributed by atoms with Crippen molar-refractivity contribution in [2.24, 2.45) is 0 Å². The average Bonchev–Trinajstić information content (AvgIpc) is 3.51. The zero-order valence-corrected chi connectivity index (χ0v) is 26.5. The molecule has 11 heteroatoms. The number of benzene rings is 2. The van der Waals surface area contributed by atoms with Gasteiger partial charge in [-0.25, -0.2) is 4.98 Å². The molecule has 2 saturated heterocycles. The second-order valence-corrected chi connectivity index (χ2v) is 13.6. The number of ether oxygens (including phenoxy) is 3. The molecule has 3 aliphatic heterocycles. The third-order valence-corrected chi connectivity index (χ3v) is 10.2. The molecule has 9 rings (SSSR count). The van der Waals surface area contributed by atoms with Gasteiger partial charge in [-0.15, -0.1) is 10.2 Å². The second kappa shape index (κ2) is 11.1. The maximum atomic E-state index is 6.51. The van der Waals surface area contributed by atoms with E-state index in [9.17, 15) is 0 Å². The molecule has 1 saturated carbocycles. The third kappa shape index (κ3) is 5.12. The Morgan fingerprint density at radius 2 is 1.85 bits per heavy atom. The monoisotopic (exact) mass is 637 g/mol. The molecule has 2 aromatic carbocycles. The van der Waals surface area contributed by atoms with Crippen LogP contribution in [-0.2, 0) is 23.6 Å². The first kappa shape index (κ1) is 28.3. The van der Waals surface area contributed by atoms with Crippen LogP contribution in [0.1, 0.15) is 73.8 Å². The third-order valence-electron chi connectivity index (χ3n) is 9.94. The number of imidazole rings is 1. The fraction of sp³-hybridized carbons (Fsp3) is 0.429. The molecule has 2 atom stereocenters. The summed E-state index contributed by atoms with van der Waals surface area (Å²) in [5.74, 6) is 4.42. The minimum atomic E-state index is -0.986. The Hall–Kier alpha value is -3.99. The predicted octanol–water partition coefficient (Wildman–Crippen LogP) is 6.56. The lowest BCUT2D eigenvalue weighted by molar-refractivity contribution is -0.0722. The van der Waals surface area contributed by atoms with Gasteiger partial charge in [0.2, 0.25) is 0 Å². The van der Waals surface area contributed by atoms with Crippen LogP contribution in [0.5, 0.6) is 11.5 Å². The van der Waals surface area contributed by atoms with Gasteiger partial charge in [-0.2, -0.15) is 0 Å². The highest BCUT2D eigenvalue weighted by Gasteiger charge is 2.42. The maximum absolute atomic E-state index is 6.51. The highest BCUT2D eigenvalue weighted by Crippen LogP contribution is 2.49. The van der Waals surface area contributed by atoms with Crippen molar-refractivity contribution in [3.63, 3.8) is 0 Å². The molecule has 46 heavy (non-hydrogen) atoms. The number of H-pyrrole nitrogens is 1. The summed E-state index contributed by atoms with van der Waals surface area (Å²) in [5, 5.41) is 9.41. The number of piperidine rings is 1. The number of para-hydroxylation sites is 1. The van der Waals surface area contributed by atoms with Crippen LogP contribution in [0.15, 0.2) is 54.7 Å². The van der Waals surface area contributed by atoms with E-state index in [1.54, 1.807) is 6.20 Å². The van der Waals surface area contributed by atoms with Crippen LogP contribution in [0.2, 0.25) is 5.02 Å². The summed E-state index contributed by atoms with van der Waals surface area (Å²) in [6.07, 6.45) is 7.40. The largest absolute Gasteiger partial charge is 0.443 e. The summed E-state index contributed by atoms with van der Waals surface area (Å²) in [5.41, 5.74) is 5.05. The first-order valence-corrected chi connectivity index (χ1v) is 16.8. The minimum absolute atomic E-state index is 0.244. The molecule has 1 aliphatic carbocycles. The Morgan fingerprint density at radius 3 is 2.61 bits per heavy atom. The number of aromatic nitrogens is 6. The van der Waals surface area contributed by atoms with Crippen LogP contribution in [0, 0.1) is 0 Å². The number of hydrogen-bond donors (Lipinski definition) is 1. The predicted molar refractivity (Wildman–Crippen MR) is 173 cm³/mol. The Labute approximate surface area is 272 Å². The number of nitrogens with zero attached hydrogens (tertiary/aromatic N) is 6. The standard InChI is InChI=1S/C35H36ClN7O3/c1-35(30-10-8-24(36)18-37-30)45-29-4-2-3-26(32(29)46-35)21-11-14-42(15-12-21)20-31-38-27-17-23(34-39-33(40-41-34)22-5-6-22)7-9-28(27)43(31)19-25-13-16-44-25/h2-4,7-10,17-18,21-22,25H,5-6,11-16,19-20H2,1H3,(H,39,40,41)/t25-,35?/m0/s1. The number of nitrogens with one attached hydrogen (secondary N) is 1. The van der Waals surface area contributed by atoms with Crippen LogP contribution >= 0.6 is 11.6 Å². The highest BCUT2D eigenvalue weighted by atomic mass is 35.5. The first-order chi connectivity index (χ1) is 22.5. The number of hydrogen-bond acceptors (Lipinski definition) is 8. The Bertz CT molecular complexity index is 1910. The Kier molecular flexibility index (Phi) is 6.80. The molecule has 3 fully saturated rings. The molecule has 0 bridgehead atoms. The number of rotatable bonds is 8. The van der Waals surface area contributed by atoms with Crippen molar-refractivity contribution in [1.82, 2.24) is 34.6 Å². The SMILES string of the molecule is CC1(c2ccc(Cl)cn2)Oc2cccc(C3CCN(Cc4nc5cc(-c6nnc(C7CC7)[nH]6)ccc5n4C[C@@H]4CCO4)CC3)c2O1. The first-order valence-electron chi connectivity index (χ1n) is 16.4. The van der Waals surface area contributed by atoms with Gasteiger partial charge in [0.25, 0.3) is 5.79 Å². The highest BCUT2D eigenvalue weighted by molar-refractivity contribution is 6.30. The van der Waals surface area contributed by atoms with Gasteiger partial charge < -0.3 is 23.8 Å². The van der Waals surface area contributed by atoms with Crippen molar-refractivity contribution in [1.29, 1.82) is 0 Å². The molecule has 5 aromatic rings. The zero-order chi connectivity index (χ0) is 30.8. The molecule has 3 aromatic heterocycles. The van der Waals surface area contributed by atoms with Crippen molar-refractivity contribution in [2.75, 3.05) is 19.7 Å². The molecule has 0 radical (unpaired) electrons. The second-order valence-electron chi connectivity index (χ2n) is 13.2. The van der Waals surface area contributed by atoms with Gasteiger partial charge in [0.1, 0.15) is 17.3 Å². The van der Waals surface area contributed by atoms with Crippen molar-refractivity contribution in [3.05, 3.63) is 82.7 Å². The van der Waals surface area contributed by atoms with Gasteiger partial charge in [0, 0.05) is 36.8 Å². The van der Waals surface area contributed by atoms with E-state index in [4.69, 9.17) is 30.8 Å². The smallest absolute Gasteiger partial charge is 0.292 e. The molecule has 4 aliphatic rings. The molecule has 0 amide bonds. The Balaban J connectivity index is 0.924. The number of fused-ring (bicyclic) bond motifs is 2. The lowest BCUT2D eigenvalue weighted by Crippen LogP contribution is -2.35. The molecule has 236 valence electrons. The van der Waals surface area contributed by atoms with Crippen LogP contribution in [0.4, 0.5) is 0 Å². The normalized spacial score (nSPS) is 23.2. The van der Waals surface area contributed by atoms with E-state index >= 15 is 0 Å². The van der Waals surface area contributed by atoms with Crippen molar-refractivity contribution in [2.45, 2.75) is 75.8 Å². The molecule has 10 nitrogen and oxygen atoms in total.